The fourth-order valence-corrected chi connectivity index (χ4v) is 2.24. The molecule has 3 N–H and O–H groups in total. The number of benzene rings is 1. The maximum atomic E-state index is 11.8. The van der Waals surface area contributed by atoms with E-state index in [2.05, 4.69) is 17.4 Å². The van der Waals surface area contributed by atoms with Crippen LogP contribution in [0, 0.1) is 0 Å². The maximum absolute atomic E-state index is 11.8. The van der Waals surface area contributed by atoms with Gasteiger partial charge in [0.15, 0.2) is 0 Å². The normalized spacial score (nSPS) is 14.2. The highest BCUT2D eigenvalue weighted by Gasteiger charge is 2.26. The van der Waals surface area contributed by atoms with Crippen molar-refractivity contribution in [1.82, 2.24) is 5.32 Å². The van der Waals surface area contributed by atoms with E-state index in [0.29, 0.717) is 19.5 Å². The number of hydrogen-bond donors (Lipinski definition) is 2. The minimum absolute atomic E-state index is 0.163. The monoisotopic (exact) mass is 233 g/mol. The molecule has 0 radical (unpaired) electrons. The molecule has 92 valence electrons. The summed E-state index contributed by atoms with van der Waals surface area (Å²) in [5, 5.41) is 3.13. The van der Waals surface area contributed by atoms with Gasteiger partial charge in [-0.25, -0.2) is 0 Å². The molecule has 4 heteroatoms. The molecule has 1 aromatic rings. The van der Waals surface area contributed by atoms with Crippen LogP contribution in [-0.4, -0.2) is 32.6 Å². The highest BCUT2D eigenvalue weighted by Crippen LogP contribution is 2.29. The third-order valence-electron chi connectivity index (χ3n) is 3.09. The van der Waals surface area contributed by atoms with E-state index in [4.69, 9.17) is 5.73 Å². The Kier molecular flexibility index (Phi) is 3.76. The summed E-state index contributed by atoms with van der Waals surface area (Å²) in [5.41, 5.74) is 8.97. The first-order valence-electron chi connectivity index (χ1n) is 6.03. The minimum atomic E-state index is 0.163. The molecule has 0 atom stereocenters. The van der Waals surface area contributed by atoms with Gasteiger partial charge < -0.3 is 16.0 Å². The van der Waals surface area contributed by atoms with Crippen molar-refractivity contribution in [3.05, 3.63) is 29.3 Å². The largest absolute Gasteiger partial charge is 0.329 e. The summed E-state index contributed by atoms with van der Waals surface area (Å²) in [6.07, 6.45) is 1.51. The fourth-order valence-electron chi connectivity index (χ4n) is 2.24. The van der Waals surface area contributed by atoms with E-state index < -0.39 is 0 Å². The molecule has 4 nitrogen and oxygen atoms in total. The van der Waals surface area contributed by atoms with E-state index in [1.165, 1.54) is 5.56 Å². The summed E-state index contributed by atoms with van der Waals surface area (Å²) in [4.78, 5) is 13.6. The number of rotatable bonds is 5. The molecule has 0 aromatic heterocycles. The van der Waals surface area contributed by atoms with Crippen LogP contribution in [0.2, 0.25) is 0 Å². The van der Waals surface area contributed by atoms with Gasteiger partial charge in [0, 0.05) is 18.8 Å². The standard InChI is InChI=1S/C13H19N3O/c1-15-6-4-10-2-3-12-11(8-10)9-13(17)16(12)7-5-14/h2-3,8,15H,4-7,9,14H2,1H3. The highest BCUT2D eigenvalue weighted by atomic mass is 16.2. The van der Waals surface area contributed by atoms with Gasteiger partial charge in [0.1, 0.15) is 0 Å². The van der Waals surface area contributed by atoms with E-state index in [1.807, 2.05) is 13.1 Å². The molecule has 1 aliphatic heterocycles. The summed E-state index contributed by atoms with van der Waals surface area (Å²) in [7, 11) is 1.94. The lowest BCUT2D eigenvalue weighted by molar-refractivity contribution is -0.117. The number of likely N-dealkylation sites (N-methyl/N-ethyl adjacent to an activating group) is 1. The first kappa shape index (κ1) is 12.1. The van der Waals surface area contributed by atoms with Crippen LogP contribution in [0.15, 0.2) is 18.2 Å². The number of amides is 1. The number of nitrogens with two attached hydrogens (primary N) is 1. The Morgan fingerprint density at radius 2 is 2.29 bits per heavy atom. The Bertz CT molecular complexity index is 417. The first-order valence-corrected chi connectivity index (χ1v) is 6.03. The molecular formula is C13H19N3O. The van der Waals surface area contributed by atoms with Crippen molar-refractivity contribution >= 4 is 11.6 Å². The van der Waals surface area contributed by atoms with Crippen LogP contribution in [0.3, 0.4) is 0 Å². The minimum Gasteiger partial charge on any atom is -0.329 e. The number of carbonyl (C=O) groups excluding carboxylic acids is 1. The van der Waals surface area contributed by atoms with Crippen molar-refractivity contribution in [1.29, 1.82) is 0 Å². The topological polar surface area (TPSA) is 58.4 Å². The van der Waals surface area contributed by atoms with E-state index >= 15 is 0 Å². The second-order valence-corrected chi connectivity index (χ2v) is 4.33. The molecule has 1 aromatic carbocycles. The lowest BCUT2D eigenvalue weighted by Crippen LogP contribution is -2.31. The van der Waals surface area contributed by atoms with Gasteiger partial charge >= 0.3 is 0 Å². The van der Waals surface area contributed by atoms with Crippen molar-refractivity contribution in [2.75, 3.05) is 31.6 Å². The molecule has 0 saturated carbocycles. The predicted molar refractivity (Wildman–Crippen MR) is 69.2 cm³/mol. The van der Waals surface area contributed by atoms with Crippen molar-refractivity contribution < 1.29 is 4.79 Å². The molecule has 17 heavy (non-hydrogen) atoms. The van der Waals surface area contributed by atoms with Gasteiger partial charge in [0.25, 0.3) is 0 Å². The summed E-state index contributed by atoms with van der Waals surface area (Å²) in [6.45, 7) is 2.08. The maximum Gasteiger partial charge on any atom is 0.231 e. The molecule has 0 spiro atoms. The van der Waals surface area contributed by atoms with Crippen LogP contribution >= 0.6 is 0 Å². The molecule has 0 unspecified atom stereocenters. The van der Waals surface area contributed by atoms with Crippen LogP contribution in [0.25, 0.3) is 0 Å². The Hall–Kier alpha value is -1.39. The molecule has 0 aliphatic carbocycles. The summed E-state index contributed by atoms with van der Waals surface area (Å²) in [5.74, 6) is 0.163. The van der Waals surface area contributed by atoms with E-state index in [0.717, 1.165) is 24.2 Å². The Morgan fingerprint density at radius 1 is 1.47 bits per heavy atom. The Morgan fingerprint density at radius 3 is 3.00 bits per heavy atom. The second kappa shape index (κ2) is 5.29. The zero-order valence-corrected chi connectivity index (χ0v) is 10.2. The van der Waals surface area contributed by atoms with Crippen molar-refractivity contribution in [3.63, 3.8) is 0 Å². The van der Waals surface area contributed by atoms with E-state index in [9.17, 15) is 4.79 Å². The molecule has 1 heterocycles. The number of carbonyl (C=O) groups is 1. The van der Waals surface area contributed by atoms with Gasteiger partial charge in [-0.2, -0.15) is 0 Å². The SMILES string of the molecule is CNCCc1ccc2c(c1)CC(=O)N2CCN. The van der Waals surface area contributed by atoms with Crippen LogP contribution in [0.1, 0.15) is 11.1 Å². The van der Waals surface area contributed by atoms with Gasteiger partial charge in [-0.1, -0.05) is 12.1 Å². The van der Waals surface area contributed by atoms with Crippen LogP contribution in [0.5, 0.6) is 0 Å². The average molecular weight is 233 g/mol. The molecule has 0 bridgehead atoms. The number of fused-ring (bicyclic) bond motifs is 1. The van der Waals surface area contributed by atoms with Gasteiger partial charge in [0.05, 0.1) is 6.42 Å². The predicted octanol–water partition coefficient (Wildman–Crippen LogP) is 0.296. The Balaban J connectivity index is 2.18. The van der Waals surface area contributed by atoms with Gasteiger partial charge in [-0.05, 0) is 37.2 Å². The lowest BCUT2D eigenvalue weighted by Gasteiger charge is -2.16. The van der Waals surface area contributed by atoms with Crippen molar-refractivity contribution in [2.24, 2.45) is 5.73 Å². The van der Waals surface area contributed by atoms with Gasteiger partial charge in [-0.15, -0.1) is 0 Å². The zero-order valence-electron chi connectivity index (χ0n) is 10.2. The van der Waals surface area contributed by atoms with E-state index in [-0.39, 0.29) is 5.91 Å². The second-order valence-electron chi connectivity index (χ2n) is 4.33. The highest BCUT2D eigenvalue weighted by molar-refractivity contribution is 6.01. The number of anilines is 1. The molecule has 1 amide bonds. The van der Waals surface area contributed by atoms with Crippen LogP contribution in [0.4, 0.5) is 5.69 Å². The quantitative estimate of drug-likeness (QED) is 0.769. The van der Waals surface area contributed by atoms with Crippen molar-refractivity contribution in [3.8, 4) is 0 Å². The third kappa shape index (κ3) is 2.48. The number of nitrogens with zero attached hydrogens (tertiary/aromatic N) is 1. The molecule has 0 fully saturated rings. The molecule has 0 saturated heterocycles. The Labute approximate surface area is 102 Å². The molecule has 1 aliphatic rings. The number of hydrogen-bond acceptors (Lipinski definition) is 3. The first-order chi connectivity index (χ1) is 8.26. The molecule has 2 rings (SSSR count). The summed E-state index contributed by atoms with van der Waals surface area (Å²) in [6, 6.07) is 6.28. The van der Waals surface area contributed by atoms with Crippen molar-refractivity contribution in [2.45, 2.75) is 12.8 Å². The zero-order chi connectivity index (χ0) is 12.3. The van der Waals surface area contributed by atoms with Gasteiger partial charge in [0.2, 0.25) is 5.91 Å². The smallest absolute Gasteiger partial charge is 0.231 e. The lowest BCUT2D eigenvalue weighted by atomic mass is 10.1. The number of nitrogens with one attached hydrogen (secondary N) is 1. The van der Waals surface area contributed by atoms with Crippen LogP contribution in [-0.2, 0) is 17.6 Å². The summed E-state index contributed by atoms with van der Waals surface area (Å²) >= 11 is 0. The average Bonchev–Trinajstić information content (AvgIpc) is 2.63. The summed E-state index contributed by atoms with van der Waals surface area (Å²) < 4.78 is 0. The van der Waals surface area contributed by atoms with Gasteiger partial charge in [-0.3, -0.25) is 4.79 Å². The molecular weight excluding hydrogens is 214 g/mol. The fraction of sp³-hybridized carbons (Fsp3) is 0.462. The third-order valence-corrected chi connectivity index (χ3v) is 3.09. The van der Waals surface area contributed by atoms with Crippen LogP contribution < -0.4 is 16.0 Å². The van der Waals surface area contributed by atoms with E-state index in [1.54, 1.807) is 4.90 Å².